The first kappa shape index (κ1) is 12.7. The lowest BCUT2D eigenvalue weighted by Gasteiger charge is -2.06. The number of hydrogen-bond acceptors (Lipinski definition) is 2. The van der Waals surface area contributed by atoms with E-state index in [-0.39, 0.29) is 5.92 Å². The molecule has 0 fully saturated rings. The molecule has 0 radical (unpaired) electrons. The molecule has 90 valence electrons. The first-order valence-corrected chi connectivity index (χ1v) is 5.75. The molecule has 0 aromatic carbocycles. The molecule has 0 aliphatic rings. The van der Waals surface area contributed by atoms with Gasteiger partial charge in [-0.05, 0) is 18.9 Å². The van der Waals surface area contributed by atoms with E-state index in [2.05, 4.69) is 18.9 Å². The van der Waals surface area contributed by atoms with Gasteiger partial charge in [-0.15, -0.1) is 0 Å². The number of hydrogen-bond donors (Lipinski definition) is 1. The van der Waals surface area contributed by atoms with E-state index in [0.717, 1.165) is 12.2 Å². The van der Waals surface area contributed by atoms with Crippen LogP contribution in [0.4, 0.5) is 0 Å². The zero-order chi connectivity index (χ0) is 12.3. The van der Waals surface area contributed by atoms with Crippen LogP contribution < -0.4 is 0 Å². The van der Waals surface area contributed by atoms with Crippen LogP contribution in [0.1, 0.15) is 45.0 Å². The quantitative estimate of drug-likeness (QED) is 0.834. The van der Waals surface area contributed by atoms with E-state index in [9.17, 15) is 4.79 Å². The highest BCUT2D eigenvalue weighted by Gasteiger charge is 2.16. The summed E-state index contributed by atoms with van der Waals surface area (Å²) in [6.07, 6.45) is 0.502. The van der Waals surface area contributed by atoms with Crippen LogP contribution in [-0.4, -0.2) is 20.9 Å². The second-order valence-electron chi connectivity index (χ2n) is 4.47. The number of carboxylic acids is 1. The van der Waals surface area contributed by atoms with Gasteiger partial charge in [-0.2, -0.15) is 5.10 Å². The van der Waals surface area contributed by atoms with E-state index in [0.29, 0.717) is 12.3 Å². The number of rotatable bonds is 5. The molecule has 1 rings (SSSR count). The van der Waals surface area contributed by atoms with Crippen molar-refractivity contribution in [1.29, 1.82) is 0 Å². The fraction of sp³-hybridized carbons (Fsp3) is 0.667. The van der Waals surface area contributed by atoms with Crippen LogP contribution >= 0.6 is 0 Å². The Morgan fingerprint density at radius 3 is 2.50 bits per heavy atom. The normalized spacial score (nSPS) is 13.1. The Morgan fingerprint density at radius 2 is 2.12 bits per heavy atom. The van der Waals surface area contributed by atoms with Crippen LogP contribution in [0.15, 0.2) is 6.07 Å². The fourth-order valence-electron chi connectivity index (χ4n) is 1.71. The highest BCUT2D eigenvalue weighted by molar-refractivity contribution is 5.69. The predicted molar refractivity (Wildman–Crippen MR) is 62.5 cm³/mol. The van der Waals surface area contributed by atoms with E-state index >= 15 is 0 Å². The van der Waals surface area contributed by atoms with Crippen LogP contribution in [0.25, 0.3) is 0 Å². The van der Waals surface area contributed by atoms with Gasteiger partial charge in [0.05, 0.1) is 11.6 Å². The lowest BCUT2D eigenvalue weighted by Crippen LogP contribution is -2.12. The van der Waals surface area contributed by atoms with E-state index in [1.54, 1.807) is 6.92 Å². The highest BCUT2D eigenvalue weighted by atomic mass is 16.4. The molecule has 1 unspecified atom stereocenters. The maximum Gasteiger partial charge on any atom is 0.306 e. The minimum Gasteiger partial charge on any atom is -0.481 e. The lowest BCUT2D eigenvalue weighted by molar-refractivity contribution is -0.141. The van der Waals surface area contributed by atoms with Crippen molar-refractivity contribution in [2.45, 2.75) is 46.6 Å². The van der Waals surface area contributed by atoms with E-state index in [1.807, 2.05) is 17.7 Å². The van der Waals surface area contributed by atoms with E-state index < -0.39 is 5.97 Å². The largest absolute Gasteiger partial charge is 0.481 e. The summed E-state index contributed by atoms with van der Waals surface area (Å²) in [4.78, 5) is 10.8. The topological polar surface area (TPSA) is 55.1 Å². The van der Waals surface area contributed by atoms with Crippen molar-refractivity contribution in [3.05, 3.63) is 17.5 Å². The maximum atomic E-state index is 10.8. The summed E-state index contributed by atoms with van der Waals surface area (Å²) in [7, 11) is 0. The zero-order valence-electron chi connectivity index (χ0n) is 10.4. The SMILES string of the molecule is CCn1nc(CC(C)C(=O)O)cc1C(C)C. The summed E-state index contributed by atoms with van der Waals surface area (Å²) in [5.41, 5.74) is 2.05. The van der Waals surface area contributed by atoms with Gasteiger partial charge in [0.2, 0.25) is 0 Å². The predicted octanol–water partition coefficient (Wildman–Crippen LogP) is 2.29. The Hall–Kier alpha value is -1.32. The smallest absolute Gasteiger partial charge is 0.306 e. The molecule has 0 saturated heterocycles. The third-order valence-corrected chi connectivity index (χ3v) is 2.69. The second-order valence-corrected chi connectivity index (χ2v) is 4.47. The molecule has 1 N–H and O–H groups in total. The van der Waals surface area contributed by atoms with Gasteiger partial charge < -0.3 is 5.11 Å². The summed E-state index contributed by atoms with van der Waals surface area (Å²) >= 11 is 0. The molecule has 0 amide bonds. The fourth-order valence-corrected chi connectivity index (χ4v) is 1.71. The van der Waals surface area contributed by atoms with Gasteiger partial charge in [0.25, 0.3) is 0 Å². The van der Waals surface area contributed by atoms with Gasteiger partial charge in [-0.1, -0.05) is 20.8 Å². The first-order valence-electron chi connectivity index (χ1n) is 5.75. The Bertz CT molecular complexity index is 369. The average molecular weight is 224 g/mol. The molecule has 0 aliphatic heterocycles. The number of carboxylic acid groups (broad SMARTS) is 1. The third kappa shape index (κ3) is 2.84. The Labute approximate surface area is 96.3 Å². The molecule has 1 aromatic heterocycles. The van der Waals surface area contributed by atoms with Crippen LogP contribution in [0.5, 0.6) is 0 Å². The van der Waals surface area contributed by atoms with Crippen molar-refractivity contribution in [1.82, 2.24) is 9.78 Å². The van der Waals surface area contributed by atoms with Gasteiger partial charge >= 0.3 is 5.97 Å². The number of aromatic nitrogens is 2. The summed E-state index contributed by atoms with van der Waals surface area (Å²) in [6.45, 7) is 8.82. The average Bonchev–Trinajstić information content (AvgIpc) is 2.60. The van der Waals surface area contributed by atoms with Crippen LogP contribution in [-0.2, 0) is 17.8 Å². The molecule has 4 nitrogen and oxygen atoms in total. The van der Waals surface area contributed by atoms with E-state index in [1.165, 1.54) is 5.69 Å². The molecule has 0 spiro atoms. The molecule has 1 heterocycles. The number of aliphatic carboxylic acids is 1. The van der Waals surface area contributed by atoms with Crippen LogP contribution in [0.2, 0.25) is 0 Å². The van der Waals surface area contributed by atoms with Gasteiger partial charge in [0.1, 0.15) is 0 Å². The minimum absolute atomic E-state index is 0.375. The van der Waals surface area contributed by atoms with Crippen molar-refractivity contribution >= 4 is 5.97 Å². The third-order valence-electron chi connectivity index (χ3n) is 2.69. The summed E-state index contributed by atoms with van der Waals surface area (Å²) in [5, 5.41) is 13.3. The number of nitrogens with zero attached hydrogens (tertiary/aromatic N) is 2. The molecule has 1 atom stereocenters. The second kappa shape index (κ2) is 5.14. The first-order chi connectivity index (χ1) is 7.45. The standard InChI is InChI=1S/C12H20N2O2/c1-5-14-11(8(2)3)7-10(13-14)6-9(4)12(15)16/h7-9H,5-6H2,1-4H3,(H,15,16). The summed E-state index contributed by atoms with van der Waals surface area (Å²) < 4.78 is 1.95. The minimum atomic E-state index is -0.767. The number of aryl methyl sites for hydroxylation is 1. The van der Waals surface area contributed by atoms with Gasteiger partial charge in [-0.3, -0.25) is 9.48 Å². The Balaban J connectivity index is 2.86. The van der Waals surface area contributed by atoms with Crippen molar-refractivity contribution in [3.8, 4) is 0 Å². The maximum absolute atomic E-state index is 10.8. The molecule has 4 heteroatoms. The van der Waals surface area contributed by atoms with Crippen LogP contribution in [0.3, 0.4) is 0 Å². The molecule has 16 heavy (non-hydrogen) atoms. The summed E-state index contributed by atoms with van der Waals surface area (Å²) in [5.74, 6) is -0.723. The Kier molecular flexibility index (Phi) is 4.10. The van der Waals surface area contributed by atoms with Crippen LogP contribution in [0, 0.1) is 5.92 Å². The van der Waals surface area contributed by atoms with Crippen molar-refractivity contribution in [3.63, 3.8) is 0 Å². The molecule has 0 saturated carbocycles. The zero-order valence-corrected chi connectivity index (χ0v) is 10.4. The van der Waals surface area contributed by atoms with Gasteiger partial charge in [0, 0.05) is 18.7 Å². The molecule has 1 aromatic rings. The van der Waals surface area contributed by atoms with Crippen molar-refractivity contribution < 1.29 is 9.90 Å². The number of carbonyl (C=O) groups is 1. The van der Waals surface area contributed by atoms with Crippen molar-refractivity contribution in [2.24, 2.45) is 5.92 Å². The lowest BCUT2D eigenvalue weighted by atomic mass is 10.0. The molecular weight excluding hydrogens is 204 g/mol. The monoisotopic (exact) mass is 224 g/mol. The van der Waals surface area contributed by atoms with Gasteiger partial charge in [0.15, 0.2) is 0 Å². The Morgan fingerprint density at radius 1 is 1.50 bits per heavy atom. The van der Waals surface area contributed by atoms with Gasteiger partial charge in [-0.25, -0.2) is 0 Å². The molecular formula is C12H20N2O2. The van der Waals surface area contributed by atoms with E-state index in [4.69, 9.17) is 5.11 Å². The molecule has 0 bridgehead atoms. The molecule has 0 aliphatic carbocycles. The van der Waals surface area contributed by atoms with Crippen molar-refractivity contribution in [2.75, 3.05) is 0 Å². The summed E-state index contributed by atoms with van der Waals surface area (Å²) in [6, 6.07) is 2.02. The highest BCUT2D eigenvalue weighted by Crippen LogP contribution is 2.17.